The summed E-state index contributed by atoms with van der Waals surface area (Å²) < 4.78 is 0. The largest absolute Gasteiger partial charge is 0.392 e. The third-order valence-electron chi connectivity index (χ3n) is 4.07. The zero-order valence-electron chi connectivity index (χ0n) is 12.6. The number of hydrogen-bond acceptors (Lipinski definition) is 1. The molecule has 0 spiro atoms. The lowest BCUT2D eigenvalue weighted by Gasteiger charge is -2.23. The van der Waals surface area contributed by atoms with Crippen LogP contribution in [0.5, 0.6) is 0 Å². The molecule has 0 aromatic heterocycles. The molecule has 20 heavy (non-hydrogen) atoms. The molecule has 0 heterocycles. The van der Waals surface area contributed by atoms with Crippen molar-refractivity contribution in [1.82, 2.24) is 0 Å². The summed E-state index contributed by atoms with van der Waals surface area (Å²) in [5, 5.41) is 10.6. The Labute approximate surface area is 122 Å². The number of aliphatic hydroxyl groups excluding tert-OH is 1. The molecule has 106 valence electrons. The Morgan fingerprint density at radius 1 is 1.00 bits per heavy atom. The molecule has 2 unspecified atom stereocenters. The van der Waals surface area contributed by atoms with E-state index in [0.29, 0.717) is 0 Å². The van der Waals surface area contributed by atoms with E-state index in [1.807, 2.05) is 18.2 Å². The Balaban J connectivity index is 2.17. The third-order valence-corrected chi connectivity index (χ3v) is 4.07. The van der Waals surface area contributed by atoms with Gasteiger partial charge in [-0.2, -0.15) is 0 Å². The maximum absolute atomic E-state index is 10.6. The van der Waals surface area contributed by atoms with Gasteiger partial charge in [0.25, 0.3) is 0 Å². The summed E-state index contributed by atoms with van der Waals surface area (Å²) in [7, 11) is 0. The first kappa shape index (κ1) is 14.8. The lowest BCUT2D eigenvalue weighted by atomic mass is 9.86. The van der Waals surface area contributed by atoms with Crippen LogP contribution in [0.15, 0.2) is 48.5 Å². The van der Waals surface area contributed by atoms with Gasteiger partial charge in [0.1, 0.15) is 0 Å². The van der Waals surface area contributed by atoms with Gasteiger partial charge in [-0.3, -0.25) is 0 Å². The van der Waals surface area contributed by atoms with Crippen LogP contribution < -0.4 is 0 Å². The zero-order valence-corrected chi connectivity index (χ0v) is 12.6. The van der Waals surface area contributed by atoms with Gasteiger partial charge in [-0.25, -0.2) is 0 Å². The van der Waals surface area contributed by atoms with E-state index in [4.69, 9.17) is 0 Å². The normalized spacial score (nSPS) is 14.0. The van der Waals surface area contributed by atoms with Crippen molar-refractivity contribution in [3.05, 3.63) is 70.8 Å². The highest BCUT2D eigenvalue weighted by Crippen LogP contribution is 2.26. The van der Waals surface area contributed by atoms with Crippen LogP contribution in [-0.2, 0) is 6.42 Å². The van der Waals surface area contributed by atoms with Crippen molar-refractivity contribution in [3.63, 3.8) is 0 Å². The molecular weight excluding hydrogens is 244 g/mol. The van der Waals surface area contributed by atoms with Gasteiger partial charge in [0.2, 0.25) is 0 Å². The maximum atomic E-state index is 10.6. The minimum Gasteiger partial charge on any atom is -0.392 e. The highest BCUT2D eigenvalue weighted by molar-refractivity contribution is 5.32. The Morgan fingerprint density at radius 2 is 1.70 bits per heavy atom. The summed E-state index contributed by atoms with van der Waals surface area (Å²) in [6.45, 7) is 6.36. The molecule has 1 heteroatoms. The molecule has 1 N–H and O–H groups in total. The number of aryl methyl sites for hydroxylation is 2. The molecule has 0 saturated carbocycles. The average molecular weight is 268 g/mol. The van der Waals surface area contributed by atoms with Crippen molar-refractivity contribution in [1.29, 1.82) is 0 Å². The zero-order chi connectivity index (χ0) is 14.5. The van der Waals surface area contributed by atoms with E-state index in [1.54, 1.807) is 0 Å². The van der Waals surface area contributed by atoms with Crippen LogP contribution in [0.1, 0.15) is 41.5 Å². The summed E-state index contributed by atoms with van der Waals surface area (Å²) in [5.74, 6) is 0.205. The smallest absolute Gasteiger partial charge is 0.0649 e. The van der Waals surface area contributed by atoms with Gasteiger partial charge >= 0.3 is 0 Å². The fraction of sp³-hybridized carbons (Fsp3) is 0.368. The Hall–Kier alpha value is -1.60. The van der Waals surface area contributed by atoms with E-state index in [2.05, 4.69) is 51.1 Å². The maximum Gasteiger partial charge on any atom is 0.0649 e. The van der Waals surface area contributed by atoms with Crippen molar-refractivity contribution < 1.29 is 5.11 Å². The molecule has 0 fully saturated rings. The Bertz CT molecular complexity index is 545. The van der Waals surface area contributed by atoms with E-state index in [9.17, 15) is 5.11 Å². The van der Waals surface area contributed by atoms with Crippen LogP contribution in [-0.4, -0.2) is 11.2 Å². The number of benzene rings is 2. The van der Waals surface area contributed by atoms with Gasteiger partial charge in [0.15, 0.2) is 0 Å². The molecule has 0 aliphatic carbocycles. The quantitative estimate of drug-likeness (QED) is 0.852. The van der Waals surface area contributed by atoms with Gasteiger partial charge < -0.3 is 5.11 Å². The van der Waals surface area contributed by atoms with Crippen molar-refractivity contribution in [3.8, 4) is 0 Å². The molecule has 2 aromatic rings. The lowest BCUT2D eigenvalue weighted by molar-refractivity contribution is 0.140. The molecule has 1 nitrogen and oxygen atoms in total. The van der Waals surface area contributed by atoms with E-state index in [0.717, 1.165) is 12.8 Å². The predicted molar refractivity (Wildman–Crippen MR) is 85.1 cm³/mol. The van der Waals surface area contributed by atoms with E-state index >= 15 is 0 Å². The first-order valence-electron chi connectivity index (χ1n) is 7.41. The van der Waals surface area contributed by atoms with Gasteiger partial charge in [0, 0.05) is 5.92 Å². The average Bonchev–Trinajstić information content (AvgIpc) is 2.45. The van der Waals surface area contributed by atoms with Gasteiger partial charge in [-0.05, 0) is 43.4 Å². The van der Waals surface area contributed by atoms with E-state index in [1.165, 1.54) is 22.3 Å². The molecule has 0 saturated heterocycles. The summed E-state index contributed by atoms with van der Waals surface area (Å²) in [6, 6.07) is 16.8. The van der Waals surface area contributed by atoms with Crippen LogP contribution >= 0.6 is 0 Å². The van der Waals surface area contributed by atoms with Crippen LogP contribution in [0.25, 0.3) is 0 Å². The SMILES string of the molecule is CCC(c1ccccc1)C(O)Cc1cc(C)ccc1C. The topological polar surface area (TPSA) is 20.2 Å². The highest BCUT2D eigenvalue weighted by atomic mass is 16.3. The molecule has 0 bridgehead atoms. The first-order chi connectivity index (χ1) is 9.61. The van der Waals surface area contributed by atoms with Crippen molar-refractivity contribution >= 4 is 0 Å². The monoisotopic (exact) mass is 268 g/mol. The first-order valence-corrected chi connectivity index (χ1v) is 7.41. The van der Waals surface area contributed by atoms with Crippen LogP contribution in [0.2, 0.25) is 0 Å². The van der Waals surface area contributed by atoms with Crippen molar-refractivity contribution in [2.75, 3.05) is 0 Å². The third kappa shape index (κ3) is 3.49. The molecule has 2 aromatic carbocycles. The molecule has 0 amide bonds. The number of aliphatic hydroxyl groups is 1. The van der Waals surface area contributed by atoms with Crippen LogP contribution in [0, 0.1) is 13.8 Å². The standard InChI is InChI=1S/C19H24O/c1-4-18(16-8-6-5-7-9-16)19(20)13-17-12-14(2)10-11-15(17)3/h5-12,18-20H,4,13H2,1-3H3. The van der Waals surface area contributed by atoms with E-state index in [-0.39, 0.29) is 12.0 Å². The summed E-state index contributed by atoms with van der Waals surface area (Å²) >= 11 is 0. The molecule has 0 aliphatic heterocycles. The molecule has 0 radical (unpaired) electrons. The number of hydrogen-bond donors (Lipinski definition) is 1. The van der Waals surface area contributed by atoms with Gasteiger partial charge in [-0.15, -0.1) is 0 Å². The summed E-state index contributed by atoms with van der Waals surface area (Å²) in [5.41, 5.74) is 5.00. The Kier molecular flexibility index (Phi) is 4.97. The Morgan fingerprint density at radius 3 is 2.35 bits per heavy atom. The van der Waals surface area contributed by atoms with Crippen LogP contribution in [0.4, 0.5) is 0 Å². The van der Waals surface area contributed by atoms with E-state index < -0.39 is 0 Å². The molecule has 2 atom stereocenters. The highest BCUT2D eigenvalue weighted by Gasteiger charge is 2.20. The second kappa shape index (κ2) is 6.71. The number of rotatable bonds is 5. The van der Waals surface area contributed by atoms with Gasteiger partial charge in [0.05, 0.1) is 6.10 Å². The minimum absolute atomic E-state index is 0.205. The fourth-order valence-electron chi connectivity index (χ4n) is 2.82. The lowest BCUT2D eigenvalue weighted by Crippen LogP contribution is -2.21. The van der Waals surface area contributed by atoms with Crippen molar-refractivity contribution in [2.24, 2.45) is 0 Å². The van der Waals surface area contributed by atoms with Gasteiger partial charge in [-0.1, -0.05) is 61.0 Å². The molecule has 0 aliphatic rings. The molecular formula is C19H24O. The van der Waals surface area contributed by atoms with Crippen molar-refractivity contribution in [2.45, 2.75) is 45.6 Å². The van der Waals surface area contributed by atoms with Crippen LogP contribution in [0.3, 0.4) is 0 Å². The summed E-state index contributed by atoms with van der Waals surface area (Å²) in [4.78, 5) is 0. The minimum atomic E-state index is -0.331. The molecule has 2 rings (SSSR count). The predicted octanol–water partition coefficient (Wildman–Crippen LogP) is 4.40. The second-order valence-electron chi connectivity index (χ2n) is 5.63. The fourth-order valence-corrected chi connectivity index (χ4v) is 2.82. The summed E-state index contributed by atoms with van der Waals surface area (Å²) in [6.07, 6.45) is 1.35. The second-order valence-corrected chi connectivity index (χ2v) is 5.63.